The predicted octanol–water partition coefficient (Wildman–Crippen LogP) is 2.72. The molecule has 20 heavy (non-hydrogen) atoms. The van der Waals surface area contributed by atoms with Crippen LogP contribution in [-0.4, -0.2) is 43.9 Å². The minimum absolute atomic E-state index is 0.0986. The molecule has 6 heteroatoms. The molecule has 112 valence electrons. The molecule has 0 aromatic carbocycles. The van der Waals surface area contributed by atoms with Gasteiger partial charge in [-0.2, -0.15) is 5.10 Å². The maximum Gasteiger partial charge on any atom is 0.158 e. The van der Waals surface area contributed by atoms with E-state index in [1.165, 1.54) is 0 Å². The molecule has 1 atom stereocenters. The van der Waals surface area contributed by atoms with Crippen molar-refractivity contribution in [2.45, 2.75) is 39.6 Å². The second-order valence-corrected chi connectivity index (χ2v) is 5.80. The predicted molar refractivity (Wildman–Crippen MR) is 83.3 cm³/mol. The number of hydrogen-bond acceptors (Lipinski definition) is 3. The van der Waals surface area contributed by atoms with Crippen LogP contribution in [0.3, 0.4) is 0 Å². The third kappa shape index (κ3) is 2.69. The van der Waals surface area contributed by atoms with E-state index < -0.39 is 0 Å². The number of hydrogen-bond donors (Lipinski definition) is 0. The monoisotopic (exact) mass is 297 g/mol. The number of halogens is 1. The van der Waals surface area contributed by atoms with Crippen molar-refractivity contribution in [3.8, 4) is 0 Å². The molecule has 0 N–H and O–H groups in total. The third-order valence-corrected chi connectivity index (χ3v) is 4.00. The van der Waals surface area contributed by atoms with E-state index in [2.05, 4.69) is 28.4 Å². The topological polar surface area (TPSA) is 38.9 Å². The fraction of sp³-hybridized carbons (Fsp3) is 0.714. The summed E-state index contributed by atoms with van der Waals surface area (Å²) in [6.07, 6.45) is 0. The van der Waals surface area contributed by atoms with E-state index >= 15 is 0 Å². The molecule has 0 aliphatic heterocycles. The van der Waals surface area contributed by atoms with Crippen molar-refractivity contribution < 1.29 is 0 Å². The Labute approximate surface area is 125 Å². The lowest BCUT2D eigenvalue weighted by atomic mass is 10.4. The SMILES string of the molecule is CCN(CC)CCn1c(C(C)Cl)nc2c(C)nn(C)c21. The molecule has 0 bridgehead atoms. The lowest BCUT2D eigenvalue weighted by Crippen LogP contribution is -2.27. The van der Waals surface area contributed by atoms with Gasteiger partial charge in [0.15, 0.2) is 5.65 Å². The fourth-order valence-corrected chi connectivity index (χ4v) is 2.82. The van der Waals surface area contributed by atoms with E-state index in [-0.39, 0.29) is 5.38 Å². The average molecular weight is 298 g/mol. The lowest BCUT2D eigenvalue weighted by molar-refractivity contribution is 0.290. The second kappa shape index (κ2) is 6.14. The van der Waals surface area contributed by atoms with E-state index in [4.69, 9.17) is 16.6 Å². The van der Waals surface area contributed by atoms with E-state index in [9.17, 15) is 0 Å². The van der Waals surface area contributed by atoms with Crippen LogP contribution in [0.1, 0.15) is 37.7 Å². The number of aromatic nitrogens is 4. The number of alkyl halides is 1. The number of nitrogens with zero attached hydrogens (tertiary/aromatic N) is 5. The molecule has 2 heterocycles. The third-order valence-electron chi connectivity index (χ3n) is 3.81. The van der Waals surface area contributed by atoms with Gasteiger partial charge in [0.25, 0.3) is 0 Å². The van der Waals surface area contributed by atoms with Crippen LogP contribution in [0.2, 0.25) is 0 Å². The average Bonchev–Trinajstić information content (AvgIpc) is 2.91. The molecular formula is C14H24ClN5. The summed E-state index contributed by atoms with van der Waals surface area (Å²) in [7, 11) is 1.97. The first-order valence-electron chi connectivity index (χ1n) is 7.25. The number of imidazole rings is 1. The van der Waals surface area contributed by atoms with Gasteiger partial charge in [0.2, 0.25) is 0 Å². The van der Waals surface area contributed by atoms with Crippen molar-refractivity contribution in [2.24, 2.45) is 7.05 Å². The van der Waals surface area contributed by atoms with Crippen molar-refractivity contribution in [1.82, 2.24) is 24.2 Å². The van der Waals surface area contributed by atoms with Gasteiger partial charge in [-0.3, -0.25) is 4.68 Å². The Kier molecular flexibility index (Phi) is 4.70. The quantitative estimate of drug-likeness (QED) is 0.770. The second-order valence-electron chi connectivity index (χ2n) is 5.15. The van der Waals surface area contributed by atoms with Crippen LogP contribution in [0.4, 0.5) is 0 Å². The molecule has 2 rings (SSSR count). The minimum Gasteiger partial charge on any atom is -0.310 e. The molecule has 1 unspecified atom stereocenters. The number of aryl methyl sites for hydroxylation is 2. The number of fused-ring (bicyclic) bond motifs is 1. The van der Waals surface area contributed by atoms with Crippen LogP contribution in [0, 0.1) is 6.92 Å². The molecule has 0 aliphatic carbocycles. The fourth-order valence-electron chi connectivity index (χ4n) is 2.66. The Morgan fingerprint density at radius 1 is 1.30 bits per heavy atom. The summed E-state index contributed by atoms with van der Waals surface area (Å²) < 4.78 is 4.12. The van der Waals surface area contributed by atoms with Gasteiger partial charge in [-0.1, -0.05) is 13.8 Å². The zero-order chi connectivity index (χ0) is 14.9. The Morgan fingerprint density at radius 3 is 2.50 bits per heavy atom. The normalized spacial score (nSPS) is 13.6. The molecule has 0 saturated carbocycles. The Morgan fingerprint density at radius 2 is 1.95 bits per heavy atom. The highest BCUT2D eigenvalue weighted by molar-refractivity contribution is 6.20. The van der Waals surface area contributed by atoms with E-state index in [0.29, 0.717) is 0 Å². The molecule has 2 aromatic rings. The zero-order valence-electron chi connectivity index (χ0n) is 13.0. The maximum absolute atomic E-state index is 6.30. The summed E-state index contributed by atoms with van der Waals surface area (Å²) in [5, 5.41) is 4.36. The van der Waals surface area contributed by atoms with Crippen LogP contribution in [0.15, 0.2) is 0 Å². The van der Waals surface area contributed by atoms with Gasteiger partial charge >= 0.3 is 0 Å². The summed E-state index contributed by atoms with van der Waals surface area (Å²) in [5.41, 5.74) is 2.99. The molecule has 2 aromatic heterocycles. The highest BCUT2D eigenvalue weighted by Gasteiger charge is 2.20. The standard InChI is InChI=1S/C14H24ClN5/c1-6-19(7-2)8-9-20-13(10(3)15)16-12-11(4)17-18(5)14(12)20/h10H,6-9H2,1-5H3. The minimum atomic E-state index is -0.0986. The highest BCUT2D eigenvalue weighted by Crippen LogP contribution is 2.25. The highest BCUT2D eigenvalue weighted by atomic mass is 35.5. The lowest BCUT2D eigenvalue weighted by Gasteiger charge is -2.19. The molecule has 0 fully saturated rings. The molecular weight excluding hydrogens is 274 g/mol. The van der Waals surface area contributed by atoms with Gasteiger partial charge in [-0.15, -0.1) is 11.6 Å². The first-order valence-corrected chi connectivity index (χ1v) is 7.69. The van der Waals surface area contributed by atoms with Gasteiger partial charge in [0, 0.05) is 20.1 Å². The van der Waals surface area contributed by atoms with Crippen molar-refractivity contribution in [1.29, 1.82) is 0 Å². The Bertz CT molecular complexity index is 580. The van der Waals surface area contributed by atoms with Gasteiger partial charge in [0.05, 0.1) is 11.1 Å². The number of rotatable bonds is 6. The van der Waals surface area contributed by atoms with Crippen LogP contribution in [0.25, 0.3) is 11.2 Å². The Balaban J connectivity index is 2.40. The first kappa shape index (κ1) is 15.3. The molecule has 5 nitrogen and oxygen atoms in total. The van der Waals surface area contributed by atoms with Crippen LogP contribution in [0.5, 0.6) is 0 Å². The first-order chi connectivity index (χ1) is 9.49. The van der Waals surface area contributed by atoms with E-state index in [0.717, 1.165) is 48.9 Å². The van der Waals surface area contributed by atoms with Gasteiger partial charge in [0.1, 0.15) is 11.3 Å². The summed E-state index contributed by atoms with van der Waals surface area (Å²) in [4.78, 5) is 7.09. The van der Waals surface area contributed by atoms with Gasteiger partial charge in [-0.05, 0) is 26.9 Å². The van der Waals surface area contributed by atoms with Crippen molar-refractivity contribution in [2.75, 3.05) is 19.6 Å². The summed E-state index contributed by atoms with van der Waals surface area (Å²) in [6.45, 7) is 12.3. The van der Waals surface area contributed by atoms with Gasteiger partial charge < -0.3 is 9.47 Å². The molecule has 0 amide bonds. The van der Waals surface area contributed by atoms with Crippen molar-refractivity contribution >= 4 is 22.8 Å². The summed E-state index contributed by atoms with van der Waals surface area (Å²) >= 11 is 6.30. The van der Waals surface area contributed by atoms with Crippen molar-refractivity contribution in [3.63, 3.8) is 0 Å². The molecule has 0 radical (unpaired) electrons. The summed E-state index contributed by atoms with van der Waals surface area (Å²) in [5.74, 6) is 0.935. The smallest absolute Gasteiger partial charge is 0.158 e. The van der Waals surface area contributed by atoms with Crippen LogP contribution < -0.4 is 0 Å². The summed E-state index contributed by atoms with van der Waals surface area (Å²) in [6, 6.07) is 0. The zero-order valence-corrected chi connectivity index (χ0v) is 13.8. The largest absolute Gasteiger partial charge is 0.310 e. The van der Waals surface area contributed by atoms with Gasteiger partial charge in [-0.25, -0.2) is 4.98 Å². The van der Waals surface area contributed by atoms with E-state index in [1.807, 2.05) is 25.6 Å². The van der Waals surface area contributed by atoms with E-state index in [1.54, 1.807) is 0 Å². The van der Waals surface area contributed by atoms with Crippen molar-refractivity contribution in [3.05, 3.63) is 11.5 Å². The maximum atomic E-state index is 6.30. The van der Waals surface area contributed by atoms with Crippen LogP contribution in [-0.2, 0) is 13.6 Å². The van der Waals surface area contributed by atoms with Crippen LogP contribution >= 0.6 is 11.6 Å². The Hall–Kier alpha value is -1.07. The molecule has 0 aliphatic rings. The molecule has 0 saturated heterocycles. The molecule has 0 spiro atoms. The number of likely N-dealkylation sites (N-methyl/N-ethyl adjacent to an activating group) is 1.